The summed E-state index contributed by atoms with van der Waals surface area (Å²) < 4.78 is 5.44. The average molecular weight is 287 g/mol. The summed E-state index contributed by atoms with van der Waals surface area (Å²) in [4.78, 5) is 14.4. The molecule has 1 aromatic rings. The van der Waals surface area contributed by atoms with Gasteiger partial charge in [-0.25, -0.2) is 0 Å². The van der Waals surface area contributed by atoms with E-state index in [1.54, 1.807) is 6.07 Å². The van der Waals surface area contributed by atoms with E-state index < -0.39 is 0 Å². The summed E-state index contributed by atoms with van der Waals surface area (Å²) in [6.45, 7) is 6.30. The van der Waals surface area contributed by atoms with Gasteiger partial charge in [0.25, 0.3) is 0 Å². The molecule has 1 saturated heterocycles. The van der Waals surface area contributed by atoms with Gasteiger partial charge in [0, 0.05) is 19.1 Å². The standard InChI is InChI=1S/C16H21N3O2/c1-12(2)18-16(20)15-11-21-7-6-19(15)10-14-5-3-4-13(8-14)9-17/h3-5,8,12,15H,6-7,10-11H2,1-2H3,(H,18,20). The van der Waals surface area contributed by atoms with Crippen molar-refractivity contribution in [2.24, 2.45) is 0 Å². The first-order chi connectivity index (χ1) is 10.1. The van der Waals surface area contributed by atoms with E-state index in [2.05, 4.69) is 16.3 Å². The van der Waals surface area contributed by atoms with Crippen molar-refractivity contribution in [1.82, 2.24) is 10.2 Å². The summed E-state index contributed by atoms with van der Waals surface area (Å²) >= 11 is 0. The van der Waals surface area contributed by atoms with Gasteiger partial charge in [0.2, 0.25) is 5.91 Å². The van der Waals surface area contributed by atoms with Crippen LogP contribution in [0.5, 0.6) is 0 Å². The number of carbonyl (C=O) groups excluding carboxylic acids is 1. The summed E-state index contributed by atoms with van der Waals surface area (Å²) in [6.07, 6.45) is 0. The highest BCUT2D eigenvalue weighted by Gasteiger charge is 2.29. The molecule has 21 heavy (non-hydrogen) atoms. The number of benzene rings is 1. The Hall–Kier alpha value is -1.90. The van der Waals surface area contributed by atoms with Crippen molar-refractivity contribution >= 4 is 5.91 Å². The molecule has 1 N–H and O–H groups in total. The van der Waals surface area contributed by atoms with Crippen LogP contribution < -0.4 is 5.32 Å². The van der Waals surface area contributed by atoms with Crippen LogP contribution >= 0.6 is 0 Å². The Morgan fingerprint density at radius 3 is 3.10 bits per heavy atom. The largest absolute Gasteiger partial charge is 0.378 e. The lowest BCUT2D eigenvalue weighted by atomic mass is 10.1. The number of hydrogen-bond acceptors (Lipinski definition) is 4. The van der Waals surface area contributed by atoms with E-state index in [0.717, 1.165) is 5.56 Å². The Bertz CT molecular complexity index is 537. The van der Waals surface area contributed by atoms with Crippen molar-refractivity contribution in [1.29, 1.82) is 5.26 Å². The van der Waals surface area contributed by atoms with E-state index in [9.17, 15) is 4.79 Å². The van der Waals surface area contributed by atoms with Crippen LogP contribution in [0.3, 0.4) is 0 Å². The molecule has 0 spiro atoms. The predicted molar refractivity (Wildman–Crippen MR) is 79.5 cm³/mol. The van der Waals surface area contributed by atoms with Gasteiger partial charge in [-0.15, -0.1) is 0 Å². The van der Waals surface area contributed by atoms with E-state index in [1.807, 2.05) is 32.0 Å². The topological polar surface area (TPSA) is 65.4 Å². The van der Waals surface area contributed by atoms with E-state index in [0.29, 0.717) is 31.9 Å². The van der Waals surface area contributed by atoms with Crippen LogP contribution in [0.2, 0.25) is 0 Å². The second-order valence-electron chi connectivity index (χ2n) is 5.54. The van der Waals surface area contributed by atoms with Crippen molar-refractivity contribution < 1.29 is 9.53 Å². The molecule has 1 aromatic carbocycles. The fourth-order valence-corrected chi connectivity index (χ4v) is 2.42. The van der Waals surface area contributed by atoms with Gasteiger partial charge in [-0.05, 0) is 31.5 Å². The zero-order chi connectivity index (χ0) is 15.2. The van der Waals surface area contributed by atoms with Crippen LogP contribution in [-0.4, -0.2) is 42.6 Å². The van der Waals surface area contributed by atoms with Crippen molar-refractivity contribution in [3.63, 3.8) is 0 Å². The minimum atomic E-state index is -0.271. The van der Waals surface area contributed by atoms with Gasteiger partial charge < -0.3 is 10.1 Å². The number of amides is 1. The third-order valence-electron chi connectivity index (χ3n) is 3.41. The van der Waals surface area contributed by atoms with Gasteiger partial charge in [0.1, 0.15) is 6.04 Å². The first kappa shape index (κ1) is 15.5. The Kier molecular flexibility index (Phi) is 5.32. The maximum Gasteiger partial charge on any atom is 0.239 e. The lowest BCUT2D eigenvalue weighted by molar-refractivity contribution is -0.133. The van der Waals surface area contributed by atoms with E-state index >= 15 is 0 Å². The molecule has 5 nitrogen and oxygen atoms in total. The smallest absolute Gasteiger partial charge is 0.239 e. The third-order valence-corrected chi connectivity index (χ3v) is 3.41. The summed E-state index contributed by atoms with van der Waals surface area (Å²) in [7, 11) is 0. The lowest BCUT2D eigenvalue weighted by Crippen LogP contribution is -2.54. The average Bonchev–Trinajstić information content (AvgIpc) is 2.47. The first-order valence-corrected chi connectivity index (χ1v) is 7.21. The summed E-state index contributed by atoms with van der Waals surface area (Å²) in [5.74, 6) is 0.00105. The predicted octanol–water partition coefficient (Wildman–Crippen LogP) is 1.28. The number of ether oxygens (including phenoxy) is 1. The molecule has 5 heteroatoms. The maximum atomic E-state index is 12.2. The van der Waals surface area contributed by atoms with Crippen LogP contribution in [0.25, 0.3) is 0 Å². The Balaban J connectivity index is 2.08. The van der Waals surface area contributed by atoms with Crippen LogP contribution in [0.15, 0.2) is 24.3 Å². The molecule has 1 amide bonds. The third kappa shape index (κ3) is 4.28. The zero-order valence-electron chi connectivity index (χ0n) is 12.5. The number of nitrogens with one attached hydrogen (secondary N) is 1. The van der Waals surface area contributed by atoms with E-state index in [-0.39, 0.29) is 18.0 Å². The van der Waals surface area contributed by atoms with Gasteiger partial charge in [0.05, 0.1) is 24.8 Å². The van der Waals surface area contributed by atoms with Crippen LogP contribution in [0, 0.1) is 11.3 Å². The second-order valence-corrected chi connectivity index (χ2v) is 5.54. The Morgan fingerprint density at radius 2 is 2.38 bits per heavy atom. The van der Waals surface area contributed by atoms with Crippen molar-refractivity contribution in [3.05, 3.63) is 35.4 Å². The highest BCUT2D eigenvalue weighted by molar-refractivity contribution is 5.82. The van der Waals surface area contributed by atoms with Gasteiger partial charge in [0.15, 0.2) is 0 Å². The minimum Gasteiger partial charge on any atom is -0.378 e. The molecule has 0 aromatic heterocycles. The van der Waals surface area contributed by atoms with Crippen molar-refractivity contribution in [3.8, 4) is 6.07 Å². The molecular formula is C16H21N3O2. The maximum absolute atomic E-state index is 12.2. The molecule has 0 radical (unpaired) electrons. The number of hydrogen-bond donors (Lipinski definition) is 1. The molecule has 0 aliphatic carbocycles. The fourth-order valence-electron chi connectivity index (χ4n) is 2.42. The molecule has 0 bridgehead atoms. The summed E-state index contributed by atoms with van der Waals surface area (Å²) in [6, 6.07) is 9.49. The molecular weight excluding hydrogens is 266 g/mol. The highest BCUT2D eigenvalue weighted by Crippen LogP contribution is 2.14. The van der Waals surface area contributed by atoms with Crippen molar-refractivity contribution in [2.45, 2.75) is 32.5 Å². The first-order valence-electron chi connectivity index (χ1n) is 7.21. The number of carbonyl (C=O) groups is 1. The van der Waals surface area contributed by atoms with Crippen LogP contribution in [0.1, 0.15) is 25.0 Å². The molecule has 1 fully saturated rings. The van der Waals surface area contributed by atoms with Crippen LogP contribution in [0.4, 0.5) is 0 Å². The summed E-state index contributed by atoms with van der Waals surface area (Å²) in [5, 5.41) is 11.9. The molecule has 1 atom stereocenters. The molecule has 112 valence electrons. The monoisotopic (exact) mass is 287 g/mol. The summed E-state index contributed by atoms with van der Waals surface area (Å²) in [5.41, 5.74) is 1.68. The quantitative estimate of drug-likeness (QED) is 0.906. The van der Waals surface area contributed by atoms with E-state index in [4.69, 9.17) is 10.00 Å². The molecule has 2 rings (SSSR count). The molecule has 1 aliphatic rings. The number of nitriles is 1. The molecule has 0 saturated carbocycles. The van der Waals surface area contributed by atoms with Gasteiger partial charge in [-0.1, -0.05) is 12.1 Å². The minimum absolute atomic E-state index is 0.00105. The number of nitrogens with zero attached hydrogens (tertiary/aromatic N) is 2. The van der Waals surface area contributed by atoms with Gasteiger partial charge in [-0.3, -0.25) is 9.69 Å². The number of rotatable bonds is 4. The molecule has 1 unspecified atom stereocenters. The fraction of sp³-hybridized carbons (Fsp3) is 0.500. The van der Waals surface area contributed by atoms with E-state index in [1.165, 1.54) is 0 Å². The number of morpholine rings is 1. The second kappa shape index (κ2) is 7.21. The zero-order valence-corrected chi connectivity index (χ0v) is 12.5. The Labute approximate surface area is 125 Å². The van der Waals surface area contributed by atoms with Gasteiger partial charge >= 0.3 is 0 Å². The SMILES string of the molecule is CC(C)NC(=O)C1COCCN1Cc1cccc(C#N)c1. The normalized spacial score (nSPS) is 19.2. The van der Waals surface area contributed by atoms with Crippen LogP contribution in [-0.2, 0) is 16.1 Å². The molecule has 1 aliphatic heterocycles. The Morgan fingerprint density at radius 1 is 1.57 bits per heavy atom. The van der Waals surface area contributed by atoms with Crippen molar-refractivity contribution in [2.75, 3.05) is 19.8 Å². The highest BCUT2D eigenvalue weighted by atomic mass is 16.5. The van der Waals surface area contributed by atoms with Gasteiger partial charge in [-0.2, -0.15) is 5.26 Å². The lowest BCUT2D eigenvalue weighted by Gasteiger charge is -2.35. The molecule has 1 heterocycles.